The number of carbonyl (C=O) groups excluding carboxylic acids is 1. The van der Waals surface area contributed by atoms with Crippen LogP contribution in [0.25, 0.3) is 21.7 Å². The summed E-state index contributed by atoms with van der Waals surface area (Å²) in [4.78, 5) is 12.7. The Hall–Kier alpha value is -2.52. The average molecular weight is 393 g/mol. The molecule has 0 aliphatic heterocycles. The van der Waals surface area contributed by atoms with Crippen LogP contribution >= 0.6 is 17.0 Å². The van der Waals surface area contributed by atoms with Crippen LogP contribution in [0.5, 0.6) is 0 Å². The number of pyridine rings is 1. The van der Waals surface area contributed by atoms with E-state index in [4.69, 9.17) is 0 Å². The first kappa shape index (κ1) is 17.3. The average Bonchev–Trinajstić information content (AvgIpc) is 2.61. The number of halogens is 1. The number of rotatable bonds is 3. The van der Waals surface area contributed by atoms with Crippen LogP contribution < -0.4 is 4.57 Å². The highest BCUT2D eigenvalue weighted by atomic mass is 79.9. The van der Waals surface area contributed by atoms with Crippen molar-refractivity contribution in [3.63, 3.8) is 0 Å². The van der Waals surface area contributed by atoms with E-state index >= 15 is 0 Å². The Bertz CT molecular complexity index is 1070. The number of fused-ring (bicyclic) bond motifs is 2. The zero-order valence-electron chi connectivity index (χ0n) is 14.0. The number of benzene rings is 3. The predicted octanol–water partition coefficient (Wildman–Crippen LogP) is 5.05. The van der Waals surface area contributed by atoms with Crippen molar-refractivity contribution in [2.45, 2.75) is 13.5 Å². The molecule has 124 valence electrons. The standard InChI is InChI=1S/C22H18NO.BrH/c1-16-8-11-21-19(13-16)7-4-12-23(21)15-22(24)20-10-9-17-5-2-3-6-18(17)14-20;/h2-14H,15H2,1H3;1H/q+1;. The molecule has 25 heavy (non-hydrogen) atoms. The Morgan fingerprint density at radius 3 is 2.44 bits per heavy atom. The molecule has 0 unspecified atom stereocenters. The topological polar surface area (TPSA) is 20.9 Å². The molecule has 1 heterocycles. The summed E-state index contributed by atoms with van der Waals surface area (Å²) in [6.45, 7) is 2.43. The van der Waals surface area contributed by atoms with Crippen LogP contribution in [0, 0.1) is 6.92 Å². The van der Waals surface area contributed by atoms with Gasteiger partial charge in [-0.3, -0.25) is 4.79 Å². The summed E-state index contributed by atoms with van der Waals surface area (Å²) in [6, 6.07) is 24.4. The Morgan fingerprint density at radius 1 is 0.840 bits per heavy atom. The second-order valence-corrected chi connectivity index (χ2v) is 6.18. The highest BCUT2D eigenvalue weighted by Crippen LogP contribution is 2.16. The maximum Gasteiger partial charge on any atom is 0.227 e. The minimum absolute atomic E-state index is 0. The van der Waals surface area contributed by atoms with Crippen LogP contribution in [0.2, 0.25) is 0 Å². The molecule has 3 aromatic carbocycles. The van der Waals surface area contributed by atoms with Crippen molar-refractivity contribution in [1.29, 1.82) is 0 Å². The monoisotopic (exact) mass is 392 g/mol. The van der Waals surface area contributed by atoms with Gasteiger partial charge in [-0.15, -0.1) is 17.0 Å². The van der Waals surface area contributed by atoms with Crippen LogP contribution in [0.15, 0.2) is 79.0 Å². The minimum Gasteiger partial charge on any atom is -0.287 e. The van der Waals surface area contributed by atoms with E-state index in [9.17, 15) is 4.79 Å². The van der Waals surface area contributed by atoms with Crippen LogP contribution in [0.1, 0.15) is 15.9 Å². The quantitative estimate of drug-likeness (QED) is 0.353. The van der Waals surface area contributed by atoms with Gasteiger partial charge >= 0.3 is 0 Å². The second-order valence-electron chi connectivity index (χ2n) is 6.18. The molecule has 0 fully saturated rings. The number of ketones is 1. The van der Waals surface area contributed by atoms with Crippen LogP contribution in [0.4, 0.5) is 0 Å². The molecule has 0 spiro atoms. The Kier molecular flexibility index (Phi) is 4.95. The predicted molar refractivity (Wildman–Crippen MR) is 107 cm³/mol. The van der Waals surface area contributed by atoms with Crippen molar-refractivity contribution in [3.8, 4) is 0 Å². The van der Waals surface area contributed by atoms with Crippen molar-refractivity contribution in [3.05, 3.63) is 90.1 Å². The molecular formula is C22H19BrNO+. The fraction of sp³-hybridized carbons (Fsp3) is 0.0909. The molecule has 3 heteroatoms. The molecule has 4 rings (SSSR count). The van der Waals surface area contributed by atoms with Gasteiger partial charge in [-0.25, -0.2) is 0 Å². The molecule has 0 aliphatic rings. The number of aryl methyl sites for hydroxylation is 1. The molecule has 0 atom stereocenters. The normalized spacial score (nSPS) is 10.6. The number of nitrogens with zero attached hydrogens (tertiary/aromatic N) is 1. The zero-order chi connectivity index (χ0) is 16.5. The van der Waals surface area contributed by atoms with Gasteiger partial charge in [0.2, 0.25) is 17.8 Å². The Balaban J connectivity index is 0.00000182. The van der Waals surface area contributed by atoms with Crippen LogP contribution in [-0.2, 0) is 6.54 Å². The summed E-state index contributed by atoms with van der Waals surface area (Å²) in [5.41, 5.74) is 3.06. The van der Waals surface area contributed by atoms with E-state index in [1.54, 1.807) is 0 Å². The Labute approximate surface area is 157 Å². The van der Waals surface area contributed by atoms with Crippen LogP contribution in [0.3, 0.4) is 0 Å². The van der Waals surface area contributed by atoms with E-state index in [0.717, 1.165) is 27.2 Å². The second kappa shape index (κ2) is 7.16. The number of hydrogen-bond acceptors (Lipinski definition) is 1. The highest BCUT2D eigenvalue weighted by molar-refractivity contribution is 8.93. The number of aromatic nitrogens is 1. The first-order valence-electron chi connectivity index (χ1n) is 8.11. The highest BCUT2D eigenvalue weighted by Gasteiger charge is 2.15. The molecule has 0 amide bonds. The van der Waals surface area contributed by atoms with E-state index in [-0.39, 0.29) is 22.8 Å². The fourth-order valence-electron chi connectivity index (χ4n) is 3.15. The third kappa shape index (κ3) is 3.47. The van der Waals surface area contributed by atoms with Gasteiger partial charge in [0.05, 0.1) is 0 Å². The maximum atomic E-state index is 12.7. The number of Topliss-reactive ketones (excluding diaryl/α,β-unsaturated/α-hetero) is 1. The minimum atomic E-state index is 0. The molecule has 0 radical (unpaired) electrons. The van der Waals surface area contributed by atoms with Gasteiger partial charge in [-0.2, -0.15) is 4.57 Å². The van der Waals surface area contributed by atoms with Crippen molar-refractivity contribution < 1.29 is 9.36 Å². The molecule has 0 bridgehead atoms. The van der Waals surface area contributed by atoms with E-state index in [2.05, 4.69) is 37.3 Å². The first-order chi connectivity index (χ1) is 11.7. The van der Waals surface area contributed by atoms with Gasteiger partial charge < -0.3 is 0 Å². The number of hydrogen-bond donors (Lipinski definition) is 0. The van der Waals surface area contributed by atoms with Crippen LogP contribution in [-0.4, -0.2) is 5.78 Å². The molecule has 0 N–H and O–H groups in total. The van der Waals surface area contributed by atoms with Gasteiger partial charge in [-0.05, 0) is 35.9 Å². The molecular weight excluding hydrogens is 374 g/mol. The first-order valence-corrected chi connectivity index (χ1v) is 8.11. The largest absolute Gasteiger partial charge is 0.287 e. The smallest absolute Gasteiger partial charge is 0.227 e. The molecule has 0 saturated heterocycles. The fourth-order valence-corrected chi connectivity index (χ4v) is 3.15. The van der Waals surface area contributed by atoms with Crippen molar-refractivity contribution in [2.24, 2.45) is 0 Å². The van der Waals surface area contributed by atoms with Gasteiger partial charge in [0.25, 0.3) is 0 Å². The van der Waals surface area contributed by atoms with Crippen molar-refractivity contribution >= 4 is 44.4 Å². The van der Waals surface area contributed by atoms with E-state index in [0.29, 0.717) is 6.54 Å². The maximum absolute atomic E-state index is 12.7. The summed E-state index contributed by atoms with van der Waals surface area (Å²) >= 11 is 0. The van der Waals surface area contributed by atoms with Crippen molar-refractivity contribution in [1.82, 2.24) is 0 Å². The molecule has 0 aliphatic carbocycles. The summed E-state index contributed by atoms with van der Waals surface area (Å²) in [5, 5.41) is 3.41. The lowest BCUT2D eigenvalue weighted by atomic mass is 10.0. The molecule has 4 aromatic rings. The SMILES string of the molecule is Br.Cc1ccc2c(ccc[n+]2CC(=O)c2ccc3ccccc3c2)c1. The molecule has 0 saturated carbocycles. The summed E-state index contributed by atoms with van der Waals surface area (Å²) in [7, 11) is 0. The third-order valence-electron chi connectivity index (χ3n) is 4.42. The third-order valence-corrected chi connectivity index (χ3v) is 4.42. The van der Waals surface area contributed by atoms with Gasteiger partial charge in [-0.1, -0.05) is 48.0 Å². The molecule has 2 nitrogen and oxygen atoms in total. The van der Waals surface area contributed by atoms with E-state index in [1.807, 2.05) is 53.2 Å². The zero-order valence-corrected chi connectivity index (χ0v) is 15.7. The lowest BCUT2D eigenvalue weighted by Crippen LogP contribution is -2.38. The Morgan fingerprint density at radius 2 is 1.60 bits per heavy atom. The lowest BCUT2D eigenvalue weighted by molar-refractivity contribution is -0.657. The van der Waals surface area contributed by atoms with E-state index < -0.39 is 0 Å². The molecule has 1 aromatic heterocycles. The van der Waals surface area contributed by atoms with Gasteiger partial charge in [0, 0.05) is 23.1 Å². The van der Waals surface area contributed by atoms with E-state index in [1.165, 1.54) is 5.56 Å². The van der Waals surface area contributed by atoms with Gasteiger partial charge in [0.15, 0.2) is 6.20 Å². The summed E-state index contributed by atoms with van der Waals surface area (Å²) in [6.07, 6.45) is 1.97. The summed E-state index contributed by atoms with van der Waals surface area (Å²) in [5.74, 6) is 0.124. The van der Waals surface area contributed by atoms with Crippen molar-refractivity contribution in [2.75, 3.05) is 0 Å². The summed E-state index contributed by atoms with van der Waals surface area (Å²) < 4.78 is 2.02. The van der Waals surface area contributed by atoms with Gasteiger partial charge in [0.1, 0.15) is 0 Å². The lowest BCUT2D eigenvalue weighted by Gasteiger charge is -2.04. The number of carbonyl (C=O) groups is 1.